The van der Waals surface area contributed by atoms with E-state index in [0.717, 1.165) is 43.8 Å². The summed E-state index contributed by atoms with van der Waals surface area (Å²) in [5, 5.41) is 9.93. The van der Waals surface area contributed by atoms with Gasteiger partial charge in [-0.1, -0.05) is 31.0 Å². The van der Waals surface area contributed by atoms with Crippen molar-refractivity contribution in [3.8, 4) is 5.75 Å². The van der Waals surface area contributed by atoms with Gasteiger partial charge in [0.05, 0.1) is 0 Å². The van der Waals surface area contributed by atoms with Gasteiger partial charge in [-0.15, -0.1) is 0 Å². The number of alkyl halides is 2. The van der Waals surface area contributed by atoms with E-state index in [0.29, 0.717) is 6.54 Å². The number of nitrogens with zero attached hydrogens (tertiary/aromatic N) is 1. The molecule has 23 heavy (non-hydrogen) atoms. The first-order chi connectivity index (χ1) is 11.1. The smallest absolute Gasteiger partial charge is 0.387 e. The predicted molar refractivity (Wildman–Crippen MR) is 84.4 cm³/mol. The summed E-state index contributed by atoms with van der Waals surface area (Å²) in [5.74, 6) is 1.03. The maximum Gasteiger partial charge on any atom is 0.387 e. The van der Waals surface area contributed by atoms with Crippen LogP contribution in [0.15, 0.2) is 24.3 Å². The van der Waals surface area contributed by atoms with Gasteiger partial charge in [0.15, 0.2) is 0 Å². The van der Waals surface area contributed by atoms with Gasteiger partial charge in [0, 0.05) is 30.7 Å². The monoisotopic (exact) mass is 325 g/mol. The third-order valence-electron chi connectivity index (χ3n) is 5.08. The van der Waals surface area contributed by atoms with Crippen molar-refractivity contribution in [1.82, 2.24) is 4.90 Å². The van der Waals surface area contributed by atoms with Crippen molar-refractivity contribution in [3.63, 3.8) is 0 Å². The summed E-state index contributed by atoms with van der Waals surface area (Å²) in [6.45, 7) is -0.216. The lowest BCUT2D eigenvalue weighted by atomic mass is 9.76. The number of ether oxygens (including phenoxy) is 1. The molecule has 1 N–H and O–H groups in total. The van der Waals surface area contributed by atoms with Crippen molar-refractivity contribution in [2.75, 3.05) is 19.7 Å². The number of benzene rings is 1. The standard InChI is InChI=1S/C18H25F2NO2/c19-17(20)23-16-5-2-1-4-15(16)11-21-9-3-8-18(12-21,13-22)10-14-6-7-14/h1-2,4-5,14,17,22H,3,6-13H2/t18-/m0/s1. The van der Waals surface area contributed by atoms with Crippen molar-refractivity contribution in [2.45, 2.75) is 45.3 Å². The Hall–Kier alpha value is -1.20. The number of rotatable bonds is 7. The van der Waals surface area contributed by atoms with Crippen molar-refractivity contribution in [1.29, 1.82) is 0 Å². The zero-order valence-corrected chi connectivity index (χ0v) is 13.4. The molecule has 128 valence electrons. The molecular weight excluding hydrogens is 300 g/mol. The lowest BCUT2D eigenvalue weighted by Gasteiger charge is -2.42. The third kappa shape index (κ3) is 4.42. The first-order valence-electron chi connectivity index (χ1n) is 8.46. The van der Waals surface area contributed by atoms with Crippen molar-refractivity contribution in [3.05, 3.63) is 29.8 Å². The Bertz CT molecular complexity index is 521. The Labute approximate surface area is 136 Å². The number of halogens is 2. The quantitative estimate of drug-likeness (QED) is 0.830. The molecular formula is C18H25F2NO2. The van der Waals surface area contributed by atoms with Crippen LogP contribution in [-0.4, -0.2) is 36.3 Å². The van der Waals surface area contributed by atoms with Gasteiger partial charge >= 0.3 is 6.61 Å². The molecule has 3 rings (SSSR count). The van der Waals surface area contributed by atoms with Crippen LogP contribution in [0.1, 0.15) is 37.7 Å². The molecule has 1 heterocycles. The molecule has 1 saturated heterocycles. The summed E-state index contributed by atoms with van der Waals surface area (Å²) in [4.78, 5) is 2.27. The molecule has 2 fully saturated rings. The molecule has 1 aromatic rings. The van der Waals surface area contributed by atoms with Gasteiger partial charge in [-0.2, -0.15) is 8.78 Å². The average Bonchev–Trinajstić information content (AvgIpc) is 3.33. The maximum atomic E-state index is 12.5. The van der Waals surface area contributed by atoms with E-state index in [-0.39, 0.29) is 17.8 Å². The minimum atomic E-state index is -2.80. The number of likely N-dealkylation sites (tertiary alicyclic amines) is 1. The van der Waals surface area contributed by atoms with Crippen molar-refractivity contribution in [2.24, 2.45) is 11.3 Å². The van der Waals surface area contributed by atoms with E-state index in [2.05, 4.69) is 9.64 Å². The number of hydrogen-bond acceptors (Lipinski definition) is 3. The molecule has 3 nitrogen and oxygen atoms in total. The lowest BCUT2D eigenvalue weighted by Crippen LogP contribution is -2.45. The van der Waals surface area contributed by atoms with E-state index in [4.69, 9.17) is 0 Å². The van der Waals surface area contributed by atoms with Crippen LogP contribution in [0, 0.1) is 11.3 Å². The number of aliphatic hydroxyl groups is 1. The zero-order valence-electron chi connectivity index (χ0n) is 13.4. The maximum absolute atomic E-state index is 12.5. The minimum Gasteiger partial charge on any atom is -0.434 e. The Morgan fingerprint density at radius 1 is 1.30 bits per heavy atom. The second-order valence-electron chi connectivity index (χ2n) is 7.11. The van der Waals surface area contributed by atoms with Gasteiger partial charge in [0.1, 0.15) is 5.75 Å². The molecule has 1 aliphatic carbocycles. The number of para-hydroxylation sites is 1. The fourth-order valence-corrected chi connectivity index (χ4v) is 3.83. The predicted octanol–water partition coefficient (Wildman–Crippen LogP) is 3.66. The molecule has 2 aliphatic rings. The van der Waals surface area contributed by atoms with Gasteiger partial charge < -0.3 is 9.84 Å². The highest BCUT2D eigenvalue weighted by atomic mass is 19.3. The van der Waals surface area contributed by atoms with E-state index >= 15 is 0 Å². The van der Waals surface area contributed by atoms with Crippen LogP contribution in [0.5, 0.6) is 5.75 Å². The molecule has 1 aromatic carbocycles. The first kappa shape index (κ1) is 16.7. The summed E-state index contributed by atoms with van der Waals surface area (Å²) in [7, 11) is 0. The summed E-state index contributed by atoms with van der Waals surface area (Å²) in [5.41, 5.74) is 0.769. The molecule has 0 aromatic heterocycles. The normalized spacial score (nSPS) is 25.7. The first-order valence-corrected chi connectivity index (χ1v) is 8.46. The van der Waals surface area contributed by atoms with Crippen molar-refractivity contribution < 1.29 is 18.6 Å². The van der Waals surface area contributed by atoms with Gasteiger partial charge in [0.2, 0.25) is 0 Å². The van der Waals surface area contributed by atoms with Crippen LogP contribution >= 0.6 is 0 Å². The van der Waals surface area contributed by atoms with Crippen molar-refractivity contribution >= 4 is 0 Å². The van der Waals surface area contributed by atoms with Gasteiger partial charge in [-0.25, -0.2) is 0 Å². The Morgan fingerprint density at radius 3 is 2.78 bits per heavy atom. The van der Waals surface area contributed by atoms with E-state index in [9.17, 15) is 13.9 Å². The Morgan fingerprint density at radius 2 is 2.09 bits per heavy atom. The fourth-order valence-electron chi connectivity index (χ4n) is 3.83. The van der Waals surface area contributed by atoms with Crippen LogP contribution in [0.25, 0.3) is 0 Å². The molecule has 0 amide bonds. The summed E-state index contributed by atoms with van der Waals surface area (Å²) in [6, 6.07) is 6.99. The number of piperidine rings is 1. The van der Waals surface area contributed by atoms with Gasteiger partial charge in [-0.3, -0.25) is 4.90 Å². The topological polar surface area (TPSA) is 32.7 Å². The molecule has 0 radical (unpaired) electrons. The molecule has 0 spiro atoms. The third-order valence-corrected chi connectivity index (χ3v) is 5.08. The fraction of sp³-hybridized carbons (Fsp3) is 0.667. The number of hydrogen-bond donors (Lipinski definition) is 1. The molecule has 1 saturated carbocycles. The van der Waals surface area contributed by atoms with Crippen LogP contribution in [-0.2, 0) is 6.54 Å². The largest absolute Gasteiger partial charge is 0.434 e. The second-order valence-corrected chi connectivity index (χ2v) is 7.11. The molecule has 0 bridgehead atoms. The Kier molecular flexibility index (Phi) is 5.17. The van der Waals surface area contributed by atoms with Crippen LogP contribution in [0.2, 0.25) is 0 Å². The van der Waals surface area contributed by atoms with E-state index in [1.807, 2.05) is 12.1 Å². The second kappa shape index (κ2) is 7.14. The average molecular weight is 325 g/mol. The van der Waals surface area contributed by atoms with E-state index < -0.39 is 6.61 Å². The number of aliphatic hydroxyl groups excluding tert-OH is 1. The highest BCUT2D eigenvalue weighted by Gasteiger charge is 2.39. The molecule has 1 aliphatic heterocycles. The summed E-state index contributed by atoms with van der Waals surface area (Å²) in [6.07, 6.45) is 5.77. The minimum absolute atomic E-state index is 0.0159. The Balaban J connectivity index is 1.67. The van der Waals surface area contributed by atoms with Crippen LogP contribution in [0.3, 0.4) is 0 Å². The molecule has 0 unspecified atom stereocenters. The SMILES string of the molecule is OC[C@]1(CC2CC2)CCCN(Cc2ccccc2OC(F)F)C1. The lowest BCUT2D eigenvalue weighted by molar-refractivity contribution is -0.0512. The van der Waals surface area contributed by atoms with Crippen LogP contribution < -0.4 is 4.74 Å². The summed E-state index contributed by atoms with van der Waals surface area (Å²) < 4.78 is 29.7. The van der Waals surface area contributed by atoms with E-state index in [1.165, 1.54) is 12.8 Å². The van der Waals surface area contributed by atoms with E-state index in [1.54, 1.807) is 12.1 Å². The molecule has 5 heteroatoms. The highest BCUT2D eigenvalue weighted by molar-refractivity contribution is 5.33. The van der Waals surface area contributed by atoms with Gasteiger partial charge in [-0.05, 0) is 37.8 Å². The summed E-state index contributed by atoms with van der Waals surface area (Å²) >= 11 is 0. The zero-order chi connectivity index (χ0) is 16.3. The molecule has 1 atom stereocenters. The van der Waals surface area contributed by atoms with Crippen LogP contribution in [0.4, 0.5) is 8.78 Å². The highest BCUT2D eigenvalue weighted by Crippen LogP contribution is 2.44. The van der Waals surface area contributed by atoms with Gasteiger partial charge in [0.25, 0.3) is 0 Å².